The van der Waals surface area contributed by atoms with Crippen molar-refractivity contribution in [3.8, 4) is 22.5 Å². The summed E-state index contributed by atoms with van der Waals surface area (Å²) in [4.78, 5) is 26.0. The van der Waals surface area contributed by atoms with Gasteiger partial charge in [-0.05, 0) is 55.0 Å². The van der Waals surface area contributed by atoms with E-state index >= 15 is 0 Å². The first-order chi connectivity index (χ1) is 20.2. The van der Waals surface area contributed by atoms with Gasteiger partial charge in [-0.15, -0.1) is 0 Å². The normalized spacial score (nSPS) is 11.4. The molecule has 0 fully saturated rings. The van der Waals surface area contributed by atoms with Gasteiger partial charge in [0.2, 0.25) is 0 Å². The minimum Gasteiger partial charge on any atom is -0.455 e. The Morgan fingerprint density at radius 2 is 1.60 bits per heavy atom. The second-order valence-electron chi connectivity index (χ2n) is 9.65. The van der Waals surface area contributed by atoms with Gasteiger partial charge in [0.15, 0.2) is 0 Å². The number of alkyl halides is 2. The molecule has 9 heteroatoms. The van der Waals surface area contributed by atoms with Crippen LogP contribution in [0, 0.1) is 5.82 Å². The molecule has 5 rings (SSSR count). The summed E-state index contributed by atoms with van der Waals surface area (Å²) in [5.41, 5.74) is 3.24. The third-order valence-electron chi connectivity index (χ3n) is 6.86. The molecule has 2 amide bonds. The molecular weight excluding hydrogens is 543 g/mol. The van der Waals surface area contributed by atoms with E-state index in [4.69, 9.17) is 4.42 Å². The molecule has 0 radical (unpaired) electrons. The van der Waals surface area contributed by atoms with Crippen molar-refractivity contribution in [1.29, 1.82) is 0 Å². The van der Waals surface area contributed by atoms with Gasteiger partial charge in [0.25, 0.3) is 17.7 Å². The summed E-state index contributed by atoms with van der Waals surface area (Å²) in [6.45, 7) is 1.64. The smallest absolute Gasteiger partial charge is 0.290 e. The van der Waals surface area contributed by atoms with Crippen LogP contribution in [-0.4, -0.2) is 32.0 Å². The molecule has 0 saturated carbocycles. The first-order valence-electron chi connectivity index (χ1n) is 13.4. The third-order valence-corrected chi connectivity index (χ3v) is 6.86. The fraction of sp³-hybridized carbons (Fsp3) is 0.152. The Bertz CT molecular complexity index is 1750. The Morgan fingerprint density at radius 1 is 0.857 bits per heavy atom. The first-order valence-corrected chi connectivity index (χ1v) is 13.4. The number of anilines is 1. The van der Waals surface area contributed by atoms with E-state index in [1.54, 1.807) is 42.5 Å². The molecule has 4 aromatic carbocycles. The first kappa shape index (κ1) is 28.5. The molecule has 0 aliphatic carbocycles. The van der Waals surface area contributed by atoms with Crippen molar-refractivity contribution in [1.82, 2.24) is 10.6 Å². The Morgan fingerprint density at radius 3 is 2.29 bits per heavy atom. The number of hydrogen-bond acceptors (Lipinski definition) is 4. The predicted octanol–water partition coefficient (Wildman–Crippen LogP) is 7.22. The summed E-state index contributed by atoms with van der Waals surface area (Å²) in [5.74, 6) is -4.40. The minimum absolute atomic E-state index is 0.185. The van der Waals surface area contributed by atoms with Gasteiger partial charge < -0.3 is 20.4 Å². The number of carbonyl (C=O) groups is 2. The van der Waals surface area contributed by atoms with E-state index in [-0.39, 0.29) is 28.4 Å². The number of benzene rings is 4. The fourth-order valence-electron chi connectivity index (χ4n) is 4.78. The molecule has 0 aliphatic heterocycles. The Kier molecular flexibility index (Phi) is 8.01. The van der Waals surface area contributed by atoms with Crippen LogP contribution in [0.2, 0.25) is 0 Å². The van der Waals surface area contributed by atoms with Crippen molar-refractivity contribution >= 4 is 28.5 Å². The number of halogens is 3. The highest BCUT2D eigenvalue weighted by atomic mass is 19.3. The molecule has 1 heterocycles. The van der Waals surface area contributed by atoms with Gasteiger partial charge in [-0.25, -0.2) is 4.39 Å². The Hall–Kier alpha value is -5.05. The lowest BCUT2D eigenvalue weighted by atomic mass is 9.97. The van der Waals surface area contributed by atoms with Crippen molar-refractivity contribution in [3.63, 3.8) is 0 Å². The standard InChI is InChI=1S/C33H28F3N3O3/c1-3-38-27-18-28-26(29(32(41)37-2)30(42-28)20-12-14-24(34)15-13-20)17-25(27)21-8-7-9-22(16-21)31(40)39-19-33(35,36)23-10-5-4-6-11-23/h4-18,38H,3,19H2,1-2H3,(H,37,41)(H,39,40). The average Bonchev–Trinajstić information content (AvgIpc) is 3.38. The zero-order chi connectivity index (χ0) is 29.9. The molecule has 0 saturated heterocycles. The van der Waals surface area contributed by atoms with Gasteiger partial charge in [0.1, 0.15) is 17.2 Å². The molecule has 0 bridgehead atoms. The molecule has 0 spiro atoms. The number of fused-ring (bicyclic) bond motifs is 1. The molecule has 5 aromatic rings. The molecule has 6 nitrogen and oxygen atoms in total. The molecule has 0 atom stereocenters. The van der Waals surface area contributed by atoms with E-state index < -0.39 is 24.2 Å². The molecule has 3 N–H and O–H groups in total. The van der Waals surface area contributed by atoms with Crippen LogP contribution in [0.5, 0.6) is 0 Å². The van der Waals surface area contributed by atoms with Crippen LogP contribution in [0.15, 0.2) is 95.4 Å². The molecule has 214 valence electrons. The molecule has 42 heavy (non-hydrogen) atoms. The summed E-state index contributed by atoms with van der Waals surface area (Å²) in [6, 6.07) is 23.1. The van der Waals surface area contributed by atoms with Gasteiger partial charge in [0.05, 0.1) is 12.1 Å². The summed E-state index contributed by atoms with van der Waals surface area (Å²) in [7, 11) is 1.51. The second kappa shape index (κ2) is 11.8. The van der Waals surface area contributed by atoms with Gasteiger partial charge in [-0.1, -0.05) is 42.5 Å². The van der Waals surface area contributed by atoms with Crippen LogP contribution in [0.4, 0.5) is 18.9 Å². The maximum Gasteiger partial charge on any atom is 0.290 e. The number of amides is 2. The van der Waals surface area contributed by atoms with Gasteiger partial charge in [0, 0.05) is 53.0 Å². The summed E-state index contributed by atoms with van der Waals surface area (Å²) >= 11 is 0. The van der Waals surface area contributed by atoms with E-state index in [0.717, 1.165) is 0 Å². The van der Waals surface area contributed by atoms with Crippen molar-refractivity contribution in [2.24, 2.45) is 0 Å². The number of hydrogen-bond donors (Lipinski definition) is 3. The van der Waals surface area contributed by atoms with Crippen molar-refractivity contribution in [2.75, 3.05) is 25.5 Å². The van der Waals surface area contributed by atoms with Crippen LogP contribution in [0.25, 0.3) is 33.4 Å². The summed E-state index contributed by atoms with van der Waals surface area (Å²) in [5, 5.41) is 8.79. The van der Waals surface area contributed by atoms with Crippen LogP contribution in [0.3, 0.4) is 0 Å². The highest BCUT2D eigenvalue weighted by molar-refractivity contribution is 6.13. The highest BCUT2D eigenvalue weighted by Crippen LogP contribution is 2.40. The maximum atomic E-state index is 14.7. The van der Waals surface area contributed by atoms with E-state index in [2.05, 4.69) is 16.0 Å². The SMILES string of the molecule is CCNc1cc2oc(-c3ccc(F)cc3)c(C(=O)NC)c2cc1-c1cccc(C(=O)NCC(F)(F)c2ccccc2)c1. The lowest BCUT2D eigenvalue weighted by Crippen LogP contribution is -2.35. The van der Waals surface area contributed by atoms with E-state index in [1.807, 2.05) is 6.92 Å². The number of furan rings is 1. The number of rotatable bonds is 9. The molecular formula is C33H28F3N3O3. The van der Waals surface area contributed by atoms with E-state index in [9.17, 15) is 22.8 Å². The van der Waals surface area contributed by atoms with Crippen molar-refractivity contribution in [2.45, 2.75) is 12.8 Å². The third kappa shape index (κ3) is 5.72. The van der Waals surface area contributed by atoms with Gasteiger partial charge in [-0.3, -0.25) is 9.59 Å². The lowest BCUT2D eigenvalue weighted by Gasteiger charge is -2.17. The van der Waals surface area contributed by atoms with Crippen molar-refractivity contribution < 1.29 is 27.2 Å². The van der Waals surface area contributed by atoms with E-state index in [0.29, 0.717) is 39.9 Å². The lowest BCUT2D eigenvalue weighted by molar-refractivity contribution is -0.00247. The Labute approximate surface area is 240 Å². The zero-order valence-electron chi connectivity index (χ0n) is 22.9. The maximum absolute atomic E-state index is 14.7. The summed E-state index contributed by atoms with van der Waals surface area (Å²) < 4.78 is 49.0. The van der Waals surface area contributed by atoms with Crippen LogP contribution in [-0.2, 0) is 5.92 Å². The van der Waals surface area contributed by atoms with Crippen molar-refractivity contribution in [3.05, 3.63) is 114 Å². The molecule has 0 unspecified atom stereocenters. The van der Waals surface area contributed by atoms with Gasteiger partial charge >= 0.3 is 0 Å². The minimum atomic E-state index is -3.24. The fourth-order valence-corrected chi connectivity index (χ4v) is 4.78. The van der Waals surface area contributed by atoms with E-state index in [1.165, 1.54) is 55.6 Å². The largest absolute Gasteiger partial charge is 0.455 e. The molecule has 1 aromatic heterocycles. The predicted molar refractivity (Wildman–Crippen MR) is 157 cm³/mol. The molecule has 0 aliphatic rings. The Balaban J connectivity index is 1.54. The highest BCUT2D eigenvalue weighted by Gasteiger charge is 2.32. The monoisotopic (exact) mass is 571 g/mol. The topological polar surface area (TPSA) is 83.4 Å². The quantitative estimate of drug-likeness (QED) is 0.175. The number of carbonyl (C=O) groups excluding carboxylic acids is 2. The van der Waals surface area contributed by atoms with Crippen LogP contribution >= 0.6 is 0 Å². The second-order valence-corrected chi connectivity index (χ2v) is 9.65. The van der Waals surface area contributed by atoms with Gasteiger partial charge in [-0.2, -0.15) is 8.78 Å². The average molecular weight is 572 g/mol. The van der Waals surface area contributed by atoms with Crippen LogP contribution < -0.4 is 16.0 Å². The summed E-state index contributed by atoms with van der Waals surface area (Å²) in [6.07, 6.45) is 0. The number of nitrogens with one attached hydrogen (secondary N) is 3. The zero-order valence-corrected chi connectivity index (χ0v) is 22.9. The van der Waals surface area contributed by atoms with Crippen LogP contribution in [0.1, 0.15) is 33.2 Å².